The predicted octanol–water partition coefficient (Wildman–Crippen LogP) is 2.31. The van der Waals surface area contributed by atoms with E-state index in [1.807, 2.05) is 0 Å². The van der Waals surface area contributed by atoms with Crippen LogP contribution in [0.15, 0.2) is 6.07 Å². The Morgan fingerprint density at radius 1 is 1.65 bits per heavy atom. The van der Waals surface area contributed by atoms with Gasteiger partial charge in [0, 0.05) is 6.54 Å². The van der Waals surface area contributed by atoms with Crippen LogP contribution >= 0.6 is 11.6 Å². The van der Waals surface area contributed by atoms with Gasteiger partial charge in [0.15, 0.2) is 5.69 Å². The summed E-state index contributed by atoms with van der Waals surface area (Å²) in [6.45, 7) is 1.57. The molecule has 1 aromatic heterocycles. The number of carbonyl (C=O) groups excluding carboxylic acids is 1. The number of nitrogens with zero attached hydrogens (tertiary/aromatic N) is 1. The number of carbonyl (C=O) groups is 1. The first-order valence-electron chi connectivity index (χ1n) is 4.85. The van der Waals surface area contributed by atoms with Crippen molar-refractivity contribution in [2.45, 2.75) is 19.9 Å². The van der Waals surface area contributed by atoms with E-state index >= 15 is 0 Å². The highest BCUT2D eigenvalue weighted by Crippen LogP contribution is 2.26. The van der Waals surface area contributed by atoms with Crippen LogP contribution in [0, 0.1) is 0 Å². The van der Waals surface area contributed by atoms with Crippen LogP contribution in [0.25, 0.3) is 0 Å². The highest BCUT2D eigenvalue weighted by molar-refractivity contribution is 6.33. The smallest absolute Gasteiger partial charge is 0.358 e. The summed E-state index contributed by atoms with van der Waals surface area (Å²) in [7, 11) is 0. The first-order valence-corrected chi connectivity index (χ1v) is 5.23. The number of hydrogen-bond acceptors (Lipinski definition) is 4. The van der Waals surface area contributed by atoms with Crippen molar-refractivity contribution < 1.29 is 18.3 Å². The molecular weight excluding hydrogens is 254 g/mol. The zero-order valence-electron chi connectivity index (χ0n) is 9.04. The summed E-state index contributed by atoms with van der Waals surface area (Å²) in [5.74, 6) is -0.831. The number of nitrogens with two attached hydrogens (primary N) is 1. The fourth-order valence-corrected chi connectivity index (χ4v) is 1.49. The highest BCUT2D eigenvalue weighted by atomic mass is 35.5. The molecule has 0 aliphatic carbocycles. The van der Waals surface area contributed by atoms with Crippen LogP contribution < -0.4 is 5.73 Å². The van der Waals surface area contributed by atoms with Crippen molar-refractivity contribution in [3.63, 3.8) is 0 Å². The highest BCUT2D eigenvalue weighted by Gasteiger charge is 2.21. The lowest BCUT2D eigenvalue weighted by Crippen LogP contribution is -2.13. The summed E-state index contributed by atoms with van der Waals surface area (Å²) >= 11 is 5.75. The van der Waals surface area contributed by atoms with Crippen molar-refractivity contribution >= 4 is 17.6 Å². The first kappa shape index (κ1) is 13.8. The van der Waals surface area contributed by atoms with Crippen molar-refractivity contribution in [1.82, 2.24) is 4.98 Å². The number of halogens is 3. The Morgan fingerprint density at radius 3 is 2.76 bits per heavy atom. The van der Waals surface area contributed by atoms with Gasteiger partial charge in [0.25, 0.3) is 6.43 Å². The fraction of sp³-hybridized carbons (Fsp3) is 0.400. The monoisotopic (exact) mass is 264 g/mol. The van der Waals surface area contributed by atoms with Gasteiger partial charge in [-0.15, -0.1) is 0 Å². The predicted molar refractivity (Wildman–Crippen MR) is 58.1 cm³/mol. The van der Waals surface area contributed by atoms with Crippen LogP contribution in [0.3, 0.4) is 0 Å². The molecule has 0 amide bonds. The van der Waals surface area contributed by atoms with Gasteiger partial charge in [0.1, 0.15) is 5.69 Å². The van der Waals surface area contributed by atoms with Crippen LogP contribution in [-0.4, -0.2) is 17.6 Å². The minimum atomic E-state index is -2.82. The zero-order valence-corrected chi connectivity index (χ0v) is 9.80. The van der Waals surface area contributed by atoms with Crippen LogP contribution in [0.1, 0.15) is 35.1 Å². The summed E-state index contributed by atoms with van der Waals surface area (Å²) < 4.78 is 30.0. The molecule has 0 radical (unpaired) electrons. The number of alkyl halides is 2. The van der Waals surface area contributed by atoms with Gasteiger partial charge in [-0.2, -0.15) is 0 Å². The van der Waals surface area contributed by atoms with Gasteiger partial charge >= 0.3 is 5.97 Å². The first-order chi connectivity index (χ1) is 8.01. The van der Waals surface area contributed by atoms with Crippen molar-refractivity contribution in [2.75, 3.05) is 6.61 Å². The number of aromatic nitrogens is 1. The van der Waals surface area contributed by atoms with Gasteiger partial charge in [0.05, 0.1) is 11.6 Å². The SMILES string of the molecule is CCOC(=O)c1nc(C(F)F)c(CN)cc1Cl. The van der Waals surface area contributed by atoms with E-state index in [2.05, 4.69) is 9.72 Å². The minimum absolute atomic E-state index is 0.0479. The van der Waals surface area contributed by atoms with Gasteiger partial charge in [0.2, 0.25) is 0 Å². The van der Waals surface area contributed by atoms with Gasteiger partial charge in [-0.1, -0.05) is 11.6 Å². The van der Waals surface area contributed by atoms with E-state index in [1.54, 1.807) is 6.92 Å². The Hall–Kier alpha value is -1.27. The number of esters is 1. The van der Waals surface area contributed by atoms with Gasteiger partial charge in [-0.05, 0) is 18.6 Å². The van der Waals surface area contributed by atoms with Crippen LogP contribution in [0.2, 0.25) is 5.02 Å². The van der Waals surface area contributed by atoms with Crippen molar-refractivity contribution in [3.8, 4) is 0 Å². The Morgan fingerprint density at radius 2 is 2.29 bits per heavy atom. The third-order valence-electron chi connectivity index (χ3n) is 1.98. The number of pyridine rings is 1. The van der Waals surface area contributed by atoms with E-state index in [0.717, 1.165) is 0 Å². The van der Waals surface area contributed by atoms with E-state index in [0.29, 0.717) is 0 Å². The Kier molecular flexibility index (Phi) is 4.77. The van der Waals surface area contributed by atoms with Crippen molar-refractivity contribution in [1.29, 1.82) is 0 Å². The maximum absolute atomic E-state index is 12.7. The number of rotatable bonds is 4. The maximum Gasteiger partial charge on any atom is 0.358 e. The summed E-state index contributed by atoms with van der Waals surface area (Å²) in [5.41, 5.74) is 4.54. The third kappa shape index (κ3) is 3.10. The lowest BCUT2D eigenvalue weighted by atomic mass is 10.1. The molecule has 0 unspecified atom stereocenters. The second-order valence-corrected chi connectivity index (χ2v) is 3.50. The lowest BCUT2D eigenvalue weighted by Gasteiger charge is -2.10. The molecule has 2 N–H and O–H groups in total. The lowest BCUT2D eigenvalue weighted by molar-refractivity contribution is 0.0518. The second kappa shape index (κ2) is 5.88. The maximum atomic E-state index is 12.7. The van der Waals surface area contributed by atoms with Crippen LogP contribution in [0.4, 0.5) is 8.78 Å². The fourth-order valence-electron chi connectivity index (χ4n) is 1.24. The topological polar surface area (TPSA) is 65.2 Å². The van der Waals surface area contributed by atoms with Crippen LogP contribution in [0.5, 0.6) is 0 Å². The van der Waals surface area contributed by atoms with Crippen LogP contribution in [-0.2, 0) is 11.3 Å². The molecule has 1 aromatic rings. The van der Waals surface area contributed by atoms with E-state index in [4.69, 9.17) is 17.3 Å². The molecule has 0 bridgehead atoms. The minimum Gasteiger partial charge on any atom is -0.461 e. The standard InChI is InChI=1S/C10H11ClF2N2O2/c1-2-17-10(16)8-6(11)3-5(4-14)7(15-8)9(12)13/h3,9H,2,4,14H2,1H3. The number of ether oxygens (including phenoxy) is 1. The van der Waals surface area contributed by atoms with E-state index in [9.17, 15) is 13.6 Å². The molecule has 17 heavy (non-hydrogen) atoms. The third-order valence-corrected chi connectivity index (χ3v) is 2.27. The summed E-state index contributed by atoms with van der Waals surface area (Å²) in [6, 6.07) is 1.21. The van der Waals surface area contributed by atoms with Crippen molar-refractivity contribution in [2.24, 2.45) is 5.73 Å². The largest absolute Gasteiger partial charge is 0.461 e. The molecule has 0 saturated heterocycles. The summed E-state index contributed by atoms with van der Waals surface area (Å²) in [5, 5.41) is -0.0479. The molecule has 7 heteroatoms. The Balaban J connectivity index is 3.24. The number of hydrogen-bond donors (Lipinski definition) is 1. The Bertz CT molecular complexity index is 427. The van der Waals surface area contributed by atoms with E-state index in [-0.39, 0.29) is 29.4 Å². The van der Waals surface area contributed by atoms with Gasteiger partial charge < -0.3 is 10.5 Å². The molecule has 0 saturated carbocycles. The molecule has 0 aliphatic heterocycles. The van der Waals surface area contributed by atoms with Crippen molar-refractivity contribution in [3.05, 3.63) is 28.0 Å². The molecule has 0 fully saturated rings. The average Bonchev–Trinajstić information content (AvgIpc) is 2.28. The quantitative estimate of drug-likeness (QED) is 0.848. The zero-order chi connectivity index (χ0) is 13.0. The Labute approximate surface area is 102 Å². The molecule has 0 aliphatic rings. The molecule has 94 valence electrons. The van der Waals surface area contributed by atoms with Gasteiger partial charge in [-0.3, -0.25) is 0 Å². The molecule has 0 spiro atoms. The van der Waals surface area contributed by atoms with Gasteiger partial charge in [-0.25, -0.2) is 18.6 Å². The molecule has 0 aromatic carbocycles. The summed E-state index contributed by atoms with van der Waals surface area (Å²) in [4.78, 5) is 14.9. The molecule has 0 atom stereocenters. The van der Waals surface area contributed by atoms with E-state index in [1.165, 1.54) is 6.07 Å². The molecular formula is C10H11ClF2N2O2. The molecule has 4 nitrogen and oxygen atoms in total. The summed E-state index contributed by atoms with van der Waals surface area (Å²) in [6.07, 6.45) is -2.82. The average molecular weight is 265 g/mol. The second-order valence-electron chi connectivity index (χ2n) is 3.09. The normalized spacial score (nSPS) is 10.7. The molecule has 1 heterocycles. The molecule has 1 rings (SSSR count). The van der Waals surface area contributed by atoms with E-state index < -0.39 is 18.1 Å².